The Bertz CT molecular complexity index is 1280. The van der Waals surface area contributed by atoms with Gasteiger partial charge in [-0.3, -0.25) is 19.3 Å². The van der Waals surface area contributed by atoms with Gasteiger partial charge in [-0.1, -0.05) is 30.3 Å². The SMILES string of the molecule is NC(=O)C(=O)CC(NC(=O)c1cccnc1-n1ccc(CN2CCC3(CC2)COC3)n1)c1ccccc1. The number of piperidine rings is 1. The van der Waals surface area contributed by atoms with E-state index in [1.165, 1.54) is 0 Å². The van der Waals surface area contributed by atoms with Gasteiger partial charge in [-0.25, -0.2) is 9.67 Å². The summed E-state index contributed by atoms with van der Waals surface area (Å²) in [6.07, 6.45) is 5.43. The second-order valence-electron chi connectivity index (χ2n) is 9.82. The van der Waals surface area contributed by atoms with E-state index in [0.717, 1.165) is 51.4 Å². The third-order valence-corrected chi connectivity index (χ3v) is 7.18. The largest absolute Gasteiger partial charge is 0.380 e. The summed E-state index contributed by atoms with van der Waals surface area (Å²) in [4.78, 5) is 43.6. The number of primary amides is 1. The van der Waals surface area contributed by atoms with Crippen LogP contribution < -0.4 is 11.1 Å². The van der Waals surface area contributed by atoms with Crippen LogP contribution in [-0.2, 0) is 20.9 Å². The fourth-order valence-electron chi connectivity index (χ4n) is 4.87. The molecule has 1 aromatic carbocycles. The summed E-state index contributed by atoms with van der Waals surface area (Å²) in [7, 11) is 0. The molecule has 2 saturated heterocycles. The summed E-state index contributed by atoms with van der Waals surface area (Å²) in [5.41, 5.74) is 7.43. The predicted molar refractivity (Wildman–Crippen MR) is 135 cm³/mol. The molecule has 2 aromatic heterocycles. The molecule has 10 nitrogen and oxygen atoms in total. The van der Waals surface area contributed by atoms with E-state index in [1.54, 1.807) is 53.5 Å². The van der Waals surface area contributed by atoms with Crippen LogP contribution in [0.4, 0.5) is 0 Å². The number of carbonyl (C=O) groups is 3. The molecular formula is C27H30N6O4. The van der Waals surface area contributed by atoms with Gasteiger partial charge in [0.1, 0.15) is 0 Å². The van der Waals surface area contributed by atoms with Crippen LogP contribution in [0.15, 0.2) is 60.9 Å². The first-order valence-corrected chi connectivity index (χ1v) is 12.4. The number of amides is 2. The van der Waals surface area contributed by atoms with Crippen molar-refractivity contribution in [1.82, 2.24) is 25.0 Å². The molecule has 2 aliphatic heterocycles. The highest BCUT2D eigenvalue weighted by atomic mass is 16.5. The van der Waals surface area contributed by atoms with Crippen LogP contribution in [0.1, 0.15) is 46.9 Å². The lowest BCUT2D eigenvalue weighted by Gasteiger charge is -2.47. The molecule has 10 heteroatoms. The number of benzene rings is 1. The van der Waals surface area contributed by atoms with E-state index >= 15 is 0 Å². The average molecular weight is 503 g/mol. The highest BCUT2D eigenvalue weighted by molar-refractivity contribution is 6.35. The molecule has 0 aliphatic carbocycles. The van der Waals surface area contributed by atoms with Gasteiger partial charge in [0.05, 0.1) is 30.5 Å². The maximum Gasteiger partial charge on any atom is 0.284 e. The Morgan fingerprint density at radius 3 is 2.49 bits per heavy atom. The minimum absolute atomic E-state index is 0.240. The number of nitrogens with one attached hydrogen (secondary N) is 1. The first-order chi connectivity index (χ1) is 17.9. The Hall–Kier alpha value is -3.89. The molecule has 5 rings (SSSR count). The molecular weight excluding hydrogens is 472 g/mol. The Morgan fingerprint density at radius 1 is 1.05 bits per heavy atom. The topological polar surface area (TPSA) is 132 Å². The minimum Gasteiger partial charge on any atom is -0.380 e. The lowest BCUT2D eigenvalue weighted by atomic mass is 9.77. The van der Waals surface area contributed by atoms with E-state index in [9.17, 15) is 14.4 Å². The molecule has 37 heavy (non-hydrogen) atoms. The average Bonchev–Trinajstić information content (AvgIpc) is 3.36. The molecule has 2 fully saturated rings. The van der Waals surface area contributed by atoms with Gasteiger partial charge in [-0.15, -0.1) is 0 Å². The molecule has 3 N–H and O–H groups in total. The lowest BCUT2D eigenvalue weighted by molar-refractivity contribution is -0.140. The third-order valence-electron chi connectivity index (χ3n) is 7.18. The van der Waals surface area contributed by atoms with E-state index in [0.29, 0.717) is 22.4 Å². The van der Waals surface area contributed by atoms with E-state index in [1.807, 2.05) is 12.1 Å². The van der Waals surface area contributed by atoms with Crippen molar-refractivity contribution in [3.8, 4) is 5.82 Å². The van der Waals surface area contributed by atoms with Crippen molar-refractivity contribution in [3.05, 3.63) is 77.7 Å². The number of ether oxygens (including phenoxy) is 1. The summed E-state index contributed by atoms with van der Waals surface area (Å²) in [5.74, 6) is -1.85. The van der Waals surface area contributed by atoms with Gasteiger partial charge in [0.25, 0.3) is 11.8 Å². The molecule has 0 radical (unpaired) electrons. The number of nitrogens with zero attached hydrogens (tertiary/aromatic N) is 4. The zero-order valence-corrected chi connectivity index (χ0v) is 20.5. The Labute approximate surface area is 214 Å². The summed E-state index contributed by atoms with van der Waals surface area (Å²) < 4.78 is 7.02. The predicted octanol–water partition coefficient (Wildman–Crippen LogP) is 1.80. The first kappa shape index (κ1) is 24.8. The van der Waals surface area contributed by atoms with Crippen molar-refractivity contribution in [2.75, 3.05) is 26.3 Å². The first-order valence-electron chi connectivity index (χ1n) is 12.4. The summed E-state index contributed by atoms with van der Waals surface area (Å²) in [6, 6.07) is 13.5. The van der Waals surface area contributed by atoms with Gasteiger partial charge in [0.15, 0.2) is 5.82 Å². The van der Waals surface area contributed by atoms with E-state index in [-0.39, 0.29) is 6.42 Å². The zero-order chi connectivity index (χ0) is 25.8. The number of hydrogen-bond acceptors (Lipinski definition) is 7. The van der Waals surface area contributed by atoms with Crippen molar-refractivity contribution < 1.29 is 19.1 Å². The number of rotatable bonds is 9. The standard InChI is InChI=1S/C27H30N6O4/c28-24(35)23(34)15-22(19-5-2-1-3-6-19)30-26(36)21-7-4-11-29-25(21)33-12-8-20(31-33)16-32-13-9-27(10-14-32)17-37-18-27/h1-8,11-12,22H,9-10,13-18H2,(H2,28,35)(H,30,36). The van der Waals surface area contributed by atoms with Crippen LogP contribution in [0, 0.1) is 5.41 Å². The van der Waals surface area contributed by atoms with Crippen molar-refractivity contribution in [2.45, 2.75) is 31.8 Å². The van der Waals surface area contributed by atoms with Gasteiger partial charge in [-0.2, -0.15) is 5.10 Å². The van der Waals surface area contributed by atoms with Crippen molar-refractivity contribution in [1.29, 1.82) is 0 Å². The maximum atomic E-state index is 13.4. The van der Waals surface area contributed by atoms with Crippen LogP contribution in [0.2, 0.25) is 0 Å². The van der Waals surface area contributed by atoms with Gasteiger partial charge in [-0.05, 0) is 49.7 Å². The van der Waals surface area contributed by atoms with Crippen LogP contribution in [0.5, 0.6) is 0 Å². The quantitative estimate of drug-likeness (QED) is 0.426. The number of hydrogen-bond donors (Lipinski definition) is 2. The molecule has 192 valence electrons. The van der Waals surface area contributed by atoms with Crippen LogP contribution in [0.3, 0.4) is 0 Å². The van der Waals surface area contributed by atoms with Crippen molar-refractivity contribution in [3.63, 3.8) is 0 Å². The normalized spacial score (nSPS) is 17.6. The number of nitrogens with two attached hydrogens (primary N) is 1. The highest BCUT2D eigenvalue weighted by Crippen LogP contribution is 2.38. The molecule has 2 aliphatic rings. The van der Waals surface area contributed by atoms with E-state index in [2.05, 4.69) is 20.3 Å². The van der Waals surface area contributed by atoms with Gasteiger partial charge >= 0.3 is 0 Å². The Balaban J connectivity index is 1.30. The smallest absolute Gasteiger partial charge is 0.284 e. The third kappa shape index (κ3) is 5.60. The molecule has 0 saturated carbocycles. The summed E-state index contributed by atoms with van der Waals surface area (Å²) >= 11 is 0. The molecule has 4 heterocycles. The summed E-state index contributed by atoms with van der Waals surface area (Å²) in [6.45, 7) is 4.50. The molecule has 3 aromatic rings. The van der Waals surface area contributed by atoms with Crippen LogP contribution in [-0.4, -0.2) is 63.6 Å². The van der Waals surface area contributed by atoms with Gasteiger partial charge in [0.2, 0.25) is 5.78 Å². The molecule has 1 unspecified atom stereocenters. The minimum atomic E-state index is -1.04. The number of carbonyl (C=O) groups excluding carboxylic acids is 3. The second-order valence-corrected chi connectivity index (χ2v) is 9.82. The summed E-state index contributed by atoms with van der Waals surface area (Å²) in [5, 5.41) is 7.56. The molecule has 2 amide bonds. The van der Waals surface area contributed by atoms with Crippen molar-refractivity contribution >= 4 is 17.6 Å². The van der Waals surface area contributed by atoms with E-state index < -0.39 is 23.6 Å². The fraction of sp³-hybridized carbons (Fsp3) is 0.370. The van der Waals surface area contributed by atoms with Crippen LogP contribution in [0.25, 0.3) is 5.82 Å². The number of Topliss-reactive ketones (excluding diaryl/α,β-unsaturated/α-hetero) is 1. The number of ketones is 1. The van der Waals surface area contributed by atoms with Crippen LogP contribution >= 0.6 is 0 Å². The number of pyridine rings is 1. The fourth-order valence-corrected chi connectivity index (χ4v) is 4.87. The van der Waals surface area contributed by atoms with Gasteiger partial charge in [0, 0.05) is 30.8 Å². The molecule has 0 bridgehead atoms. The monoisotopic (exact) mass is 502 g/mol. The number of aromatic nitrogens is 3. The van der Waals surface area contributed by atoms with Crippen molar-refractivity contribution in [2.24, 2.45) is 11.1 Å². The van der Waals surface area contributed by atoms with Gasteiger partial charge < -0.3 is 15.8 Å². The maximum absolute atomic E-state index is 13.4. The molecule has 1 atom stereocenters. The highest BCUT2D eigenvalue weighted by Gasteiger charge is 2.41. The molecule has 1 spiro atoms. The zero-order valence-electron chi connectivity index (χ0n) is 20.5. The lowest BCUT2D eigenvalue weighted by Crippen LogP contribution is -2.50. The Morgan fingerprint density at radius 2 is 1.81 bits per heavy atom. The second kappa shape index (κ2) is 10.6. The number of likely N-dealkylation sites (tertiary alicyclic amines) is 1. The Kier molecular flexibility index (Phi) is 7.11. The van der Waals surface area contributed by atoms with E-state index in [4.69, 9.17) is 10.5 Å².